The van der Waals surface area contributed by atoms with E-state index in [1.165, 1.54) is 6.20 Å². The zero-order valence-electron chi connectivity index (χ0n) is 14.0. The molecule has 0 unspecified atom stereocenters. The SMILES string of the molecule is COc1ccc(OC(=O)Nc2cnn(Cc3cccc(C#N)c3)c2)cc1. The first-order valence-corrected chi connectivity index (χ1v) is 7.80. The predicted octanol–water partition coefficient (Wildman–Crippen LogP) is 3.42. The van der Waals surface area contributed by atoms with Crippen molar-refractivity contribution in [1.82, 2.24) is 9.78 Å². The molecule has 0 aliphatic heterocycles. The molecule has 0 spiro atoms. The summed E-state index contributed by atoms with van der Waals surface area (Å²) in [6, 6.07) is 16.1. The number of methoxy groups -OCH3 is 1. The minimum absolute atomic E-state index is 0.406. The van der Waals surface area contributed by atoms with Gasteiger partial charge in [0.25, 0.3) is 0 Å². The average Bonchev–Trinajstić information content (AvgIpc) is 3.09. The summed E-state index contributed by atoms with van der Waals surface area (Å²) in [4.78, 5) is 11.9. The molecule has 7 heteroatoms. The summed E-state index contributed by atoms with van der Waals surface area (Å²) in [7, 11) is 1.57. The number of amides is 1. The summed E-state index contributed by atoms with van der Waals surface area (Å²) in [5.41, 5.74) is 2.05. The molecule has 1 amide bonds. The molecule has 0 fully saturated rings. The molecule has 3 rings (SSSR count). The molecule has 0 saturated carbocycles. The lowest BCUT2D eigenvalue weighted by atomic mass is 10.1. The van der Waals surface area contributed by atoms with Gasteiger partial charge in [0.1, 0.15) is 11.5 Å². The van der Waals surface area contributed by atoms with Crippen LogP contribution in [-0.4, -0.2) is 23.0 Å². The third-order valence-electron chi connectivity index (χ3n) is 3.55. The number of nitrogens with one attached hydrogen (secondary N) is 1. The molecule has 130 valence electrons. The molecular formula is C19H16N4O3. The van der Waals surface area contributed by atoms with Gasteiger partial charge in [-0.05, 0) is 42.0 Å². The largest absolute Gasteiger partial charge is 0.497 e. The van der Waals surface area contributed by atoms with Crippen LogP contribution in [0.15, 0.2) is 60.9 Å². The molecular weight excluding hydrogens is 332 g/mol. The first-order chi connectivity index (χ1) is 12.7. The Morgan fingerprint density at radius 3 is 2.73 bits per heavy atom. The van der Waals surface area contributed by atoms with Crippen LogP contribution < -0.4 is 14.8 Å². The number of anilines is 1. The maximum atomic E-state index is 11.9. The topological polar surface area (TPSA) is 89.2 Å². The first kappa shape index (κ1) is 17.0. The van der Waals surface area contributed by atoms with Gasteiger partial charge in [0, 0.05) is 6.20 Å². The monoisotopic (exact) mass is 348 g/mol. The van der Waals surface area contributed by atoms with Crippen molar-refractivity contribution in [3.63, 3.8) is 0 Å². The Bertz CT molecular complexity index is 942. The van der Waals surface area contributed by atoms with E-state index < -0.39 is 6.09 Å². The number of carbonyl (C=O) groups is 1. The van der Waals surface area contributed by atoms with E-state index in [1.54, 1.807) is 54.4 Å². The zero-order chi connectivity index (χ0) is 18.4. The van der Waals surface area contributed by atoms with Crippen LogP contribution >= 0.6 is 0 Å². The van der Waals surface area contributed by atoms with Crippen LogP contribution in [0, 0.1) is 11.3 Å². The zero-order valence-corrected chi connectivity index (χ0v) is 14.0. The summed E-state index contributed by atoms with van der Waals surface area (Å²) in [6.45, 7) is 0.491. The molecule has 0 bridgehead atoms. The Morgan fingerprint density at radius 2 is 2.00 bits per heavy atom. The number of nitrogens with zero attached hydrogens (tertiary/aromatic N) is 3. The first-order valence-electron chi connectivity index (χ1n) is 7.80. The molecule has 3 aromatic rings. The molecule has 1 heterocycles. The van der Waals surface area contributed by atoms with Crippen molar-refractivity contribution in [3.8, 4) is 17.6 Å². The van der Waals surface area contributed by atoms with E-state index >= 15 is 0 Å². The van der Waals surface area contributed by atoms with Crippen molar-refractivity contribution in [1.29, 1.82) is 5.26 Å². The fourth-order valence-corrected chi connectivity index (χ4v) is 2.34. The van der Waals surface area contributed by atoms with Crippen molar-refractivity contribution < 1.29 is 14.3 Å². The molecule has 1 N–H and O–H groups in total. The molecule has 0 aliphatic carbocycles. The van der Waals surface area contributed by atoms with Crippen LogP contribution in [0.5, 0.6) is 11.5 Å². The van der Waals surface area contributed by atoms with Gasteiger partial charge >= 0.3 is 6.09 Å². The fraction of sp³-hybridized carbons (Fsp3) is 0.105. The van der Waals surface area contributed by atoms with Gasteiger partial charge in [-0.3, -0.25) is 10.00 Å². The van der Waals surface area contributed by atoms with E-state index in [0.29, 0.717) is 29.3 Å². The Morgan fingerprint density at radius 1 is 1.23 bits per heavy atom. The lowest BCUT2D eigenvalue weighted by Crippen LogP contribution is -2.16. The summed E-state index contributed by atoms with van der Waals surface area (Å²) in [5.74, 6) is 1.09. The highest BCUT2D eigenvalue weighted by Gasteiger charge is 2.08. The second-order valence-corrected chi connectivity index (χ2v) is 5.43. The number of rotatable bonds is 5. The van der Waals surface area contributed by atoms with E-state index in [4.69, 9.17) is 14.7 Å². The van der Waals surface area contributed by atoms with E-state index in [9.17, 15) is 4.79 Å². The van der Waals surface area contributed by atoms with Gasteiger partial charge in [-0.25, -0.2) is 4.79 Å². The molecule has 0 aliphatic rings. The maximum absolute atomic E-state index is 11.9. The molecule has 7 nitrogen and oxygen atoms in total. The van der Waals surface area contributed by atoms with Gasteiger partial charge in [-0.2, -0.15) is 10.4 Å². The van der Waals surface area contributed by atoms with Crippen molar-refractivity contribution in [2.75, 3.05) is 12.4 Å². The van der Waals surface area contributed by atoms with E-state index in [0.717, 1.165) is 5.56 Å². The highest BCUT2D eigenvalue weighted by Crippen LogP contribution is 2.18. The smallest absolute Gasteiger partial charge is 0.417 e. The minimum atomic E-state index is -0.610. The Hall–Kier alpha value is -3.79. The Kier molecular flexibility index (Phi) is 5.15. The van der Waals surface area contributed by atoms with Gasteiger partial charge < -0.3 is 9.47 Å². The number of ether oxygens (including phenoxy) is 2. The van der Waals surface area contributed by atoms with Crippen LogP contribution in [0.1, 0.15) is 11.1 Å². The number of hydrogen-bond donors (Lipinski definition) is 1. The number of nitriles is 1. The van der Waals surface area contributed by atoms with Gasteiger partial charge in [0.05, 0.1) is 37.2 Å². The number of aromatic nitrogens is 2. The van der Waals surface area contributed by atoms with Crippen molar-refractivity contribution in [2.45, 2.75) is 6.54 Å². The molecule has 0 atom stereocenters. The highest BCUT2D eigenvalue weighted by atomic mass is 16.6. The highest BCUT2D eigenvalue weighted by molar-refractivity contribution is 5.85. The van der Waals surface area contributed by atoms with Crippen molar-refractivity contribution in [3.05, 3.63) is 72.1 Å². The number of carbonyl (C=O) groups excluding carboxylic acids is 1. The van der Waals surface area contributed by atoms with Crippen molar-refractivity contribution in [2.24, 2.45) is 0 Å². The van der Waals surface area contributed by atoms with Gasteiger partial charge in [0.2, 0.25) is 0 Å². The van der Waals surface area contributed by atoms with Gasteiger partial charge in [-0.15, -0.1) is 0 Å². The number of hydrogen-bond acceptors (Lipinski definition) is 5. The van der Waals surface area contributed by atoms with Crippen LogP contribution in [0.4, 0.5) is 10.5 Å². The quantitative estimate of drug-likeness (QED) is 0.763. The van der Waals surface area contributed by atoms with Crippen LogP contribution in [0.3, 0.4) is 0 Å². The Balaban J connectivity index is 1.58. The molecule has 26 heavy (non-hydrogen) atoms. The van der Waals surface area contributed by atoms with E-state index in [1.807, 2.05) is 12.1 Å². The normalized spacial score (nSPS) is 10.0. The summed E-state index contributed by atoms with van der Waals surface area (Å²) >= 11 is 0. The maximum Gasteiger partial charge on any atom is 0.417 e. The Labute approximate surface area is 150 Å². The number of benzene rings is 2. The summed E-state index contributed by atoms with van der Waals surface area (Å²) in [5, 5.41) is 15.8. The fourth-order valence-electron chi connectivity index (χ4n) is 2.34. The van der Waals surface area contributed by atoms with Crippen LogP contribution in [-0.2, 0) is 6.54 Å². The van der Waals surface area contributed by atoms with Gasteiger partial charge in [0.15, 0.2) is 0 Å². The van der Waals surface area contributed by atoms with Crippen molar-refractivity contribution >= 4 is 11.8 Å². The standard InChI is InChI=1S/C19H16N4O3/c1-25-17-5-7-18(8-6-17)26-19(24)22-16-11-21-23(13-16)12-15-4-2-3-14(9-15)10-20/h2-9,11,13H,12H2,1H3,(H,22,24). The average molecular weight is 348 g/mol. The van der Waals surface area contributed by atoms with E-state index in [2.05, 4.69) is 16.5 Å². The third kappa shape index (κ3) is 4.39. The van der Waals surface area contributed by atoms with E-state index in [-0.39, 0.29) is 0 Å². The molecule has 2 aromatic carbocycles. The lowest BCUT2D eigenvalue weighted by Gasteiger charge is -2.06. The minimum Gasteiger partial charge on any atom is -0.497 e. The third-order valence-corrected chi connectivity index (χ3v) is 3.55. The van der Waals surface area contributed by atoms with Crippen LogP contribution in [0.2, 0.25) is 0 Å². The summed E-state index contributed by atoms with van der Waals surface area (Å²) in [6.07, 6.45) is 2.61. The predicted molar refractivity (Wildman–Crippen MR) is 95.1 cm³/mol. The molecule has 1 aromatic heterocycles. The van der Waals surface area contributed by atoms with Gasteiger partial charge in [-0.1, -0.05) is 12.1 Å². The van der Waals surface area contributed by atoms with Crippen LogP contribution in [0.25, 0.3) is 0 Å². The second kappa shape index (κ2) is 7.85. The second-order valence-electron chi connectivity index (χ2n) is 5.43. The summed E-state index contributed by atoms with van der Waals surface area (Å²) < 4.78 is 11.9. The molecule has 0 radical (unpaired) electrons. The lowest BCUT2D eigenvalue weighted by molar-refractivity contribution is 0.215. The molecule has 0 saturated heterocycles.